The molecule has 1 N–H and O–H groups in total. The molecule has 26 heavy (non-hydrogen) atoms. The first-order valence-electron chi connectivity index (χ1n) is 8.98. The van der Waals surface area contributed by atoms with Crippen LogP contribution in [-0.2, 0) is 6.54 Å². The Labute approximate surface area is 167 Å². The standard InChI is InChI=1S/C21H26ClNO2.ClH/c1-15(16-8-4-3-5-9-16)23-14-17-12-20(24-2)21(13-19(17)22)25-18-10-6-7-11-18;/h3-5,8-9,12-13,15,18,23H,6-7,10-11,14H2,1-2H3;1H. The minimum Gasteiger partial charge on any atom is -0.493 e. The van der Waals surface area contributed by atoms with Crippen molar-refractivity contribution in [3.05, 3.63) is 58.6 Å². The van der Waals surface area contributed by atoms with Gasteiger partial charge in [0.25, 0.3) is 0 Å². The highest BCUT2D eigenvalue weighted by Crippen LogP contribution is 2.36. The number of nitrogens with one attached hydrogen (secondary N) is 1. The van der Waals surface area contributed by atoms with Crippen LogP contribution in [0, 0.1) is 0 Å². The van der Waals surface area contributed by atoms with E-state index in [2.05, 4.69) is 36.5 Å². The Kier molecular flexibility index (Phi) is 8.08. The van der Waals surface area contributed by atoms with Gasteiger partial charge in [0.15, 0.2) is 11.5 Å². The van der Waals surface area contributed by atoms with Gasteiger partial charge in [-0.3, -0.25) is 0 Å². The molecule has 1 aliphatic carbocycles. The van der Waals surface area contributed by atoms with Crippen molar-refractivity contribution in [2.45, 2.75) is 51.3 Å². The zero-order valence-electron chi connectivity index (χ0n) is 15.3. The van der Waals surface area contributed by atoms with Gasteiger partial charge < -0.3 is 14.8 Å². The molecule has 0 spiro atoms. The van der Waals surface area contributed by atoms with E-state index in [0.717, 1.165) is 29.9 Å². The fourth-order valence-electron chi connectivity index (χ4n) is 3.27. The molecule has 142 valence electrons. The number of halogens is 2. The Morgan fingerprint density at radius 2 is 1.81 bits per heavy atom. The molecule has 1 fully saturated rings. The van der Waals surface area contributed by atoms with Crippen LogP contribution in [-0.4, -0.2) is 13.2 Å². The van der Waals surface area contributed by atoms with Crippen molar-refractivity contribution in [1.82, 2.24) is 5.32 Å². The van der Waals surface area contributed by atoms with E-state index < -0.39 is 0 Å². The molecule has 0 radical (unpaired) electrons. The first-order chi connectivity index (χ1) is 12.2. The third-order valence-corrected chi connectivity index (χ3v) is 5.18. The topological polar surface area (TPSA) is 30.5 Å². The normalized spacial score (nSPS) is 15.3. The van der Waals surface area contributed by atoms with Crippen molar-refractivity contribution in [3.63, 3.8) is 0 Å². The summed E-state index contributed by atoms with van der Waals surface area (Å²) in [4.78, 5) is 0. The van der Waals surface area contributed by atoms with E-state index in [1.165, 1.54) is 18.4 Å². The lowest BCUT2D eigenvalue weighted by Crippen LogP contribution is -2.18. The highest BCUT2D eigenvalue weighted by Gasteiger charge is 2.19. The van der Waals surface area contributed by atoms with Gasteiger partial charge in [0.2, 0.25) is 0 Å². The summed E-state index contributed by atoms with van der Waals surface area (Å²) >= 11 is 6.50. The summed E-state index contributed by atoms with van der Waals surface area (Å²) in [5.41, 5.74) is 2.27. The zero-order valence-corrected chi connectivity index (χ0v) is 16.9. The van der Waals surface area contributed by atoms with Gasteiger partial charge in [-0.15, -0.1) is 12.4 Å². The molecule has 0 aliphatic heterocycles. The summed E-state index contributed by atoms with van der Waals surface area (Å²) in [6.45, 7) is 2.83. The Hall–Kier alpha value is -1.42. The van der Waals surface area contributed by atoms with E-state index in [9.17, 15) is 0 Å². The highest BCUT2D eigenvalue weighted by molar-refractivity contribution is 6.31. The molecule has 0 aromatic heterocycles. The van der Waals surface area contributed by atoms with Gasteiger partial charge in [-0.25, -0.2) is 0 Å². The minimum absolute atomic E-state index is 0. The molecule has 0 amide bonds. The summed E-state index contributed by atoms with van der Waals surface area (Å²) in [5, 5.41) is 4.23. The number of methoxy groups -OCH3 is 1. The molecule has 5 heteroatoms. The Bertz CT molecular complexity index is 688. The molecule has 1 aliphatic rings. The first kappa shape index (κ1) is 20.9. The fourth-order valence-corrected chi connectivity index (χ4v) is 3.49. The summed E-state index contributed by atoms with van der Waals surface area (Å²) in [6, 6.07) is 14.5. The van der Waals surface area contributed by atoms with E-state index in [1.807, 2.05) is 18.2 Å². The summed E-state index contributed by atoms with van der Waals surface area (Å²) in [5.74, 6) is 1.50. The van der Waals surface area contributed by atoms with Gasteiger partial charge in [0, 0.05) is 23.7 Å². The summed E-state index contributed by atoms with van der Waals surface area (Å²) in [6.07, 6.45) is 4.98. The molecule has 0 saturated heterocycles. The van der Waals surface area contributed by atoms with Crippen molar-refractivity contribution in [2.24, 2.45) is 0 Å². The van der Waals surface area contributed by atoms with Crippen molar-refractivity contribution < 1.29 is 9.47 Å². The zero-order chi connectivity index (χ0) is 17.6. The minimum atomic E-state index is 0. The second-order valence-electron chi connectivity index (χ2n) is 6.63. The predicted molar refractivity (Wildman–Crippen MR) is 110 cm³/mol. The van der Waals surface area contributed by atoms with Crippen LogP contribution in [0.15, 0.2) is 42.5 Å². The summed E-state index contributed by atoms with van der Waals surface area (Å²) in [7, 11) is 1.68. The largest absolute Gasteiger partial charge is 0.493 e. The Morgan fingerprint density at radius 1 is 1.12 bits per heavy atom. The molecule has 1 saturated carbocycles. The van der Waals surface area contributed by atoms with E-state index in [4.69, 9.17) is 21.1 Å². The van der Waals surface area contributed by atoms with Crippen LogP contribution in [0.5, 0.6) is 11.5 Å². The molecule has 3 rings (SSSR count). The lowest BCUT2D eigenvalue weighted by Gasteiger charge is -2.19. The van der Waals surface area contributed by atoms with Crippen LogP contribution in [0.1, 0.15) is 49.8 Å². The molecule has 1 unspecified atom stereocenters. The van der Waals surface area contributed by atoms with E-state index in [-0.39, 0.29) is 24.6 Å². The second kappa shape index (κ2) is 10.1. The monoisotopic (exact) mass is 395 g/mol. The van der Waals surface area contributed by atoms with Crippen molar-refractivity contribution >= 4 is 24.0 Å². The van der Waals surface area contributed by atoms with Crippen LogP contribution in [0.4, 0.5) is 0 Å². The first-order valence-corrected chi connectivity index (χ1v) is 9.36. The molecule has 2 aromatic carbocycles. The van der Waals surface area contributed by atoms with Crippen LogP contribution in [0.3, 0.4) is 0 Å². The maximum absolute atomic E-state index is 6.50. The van der Waals surface area contributed by atoms with Crippen LogP contribution in [0.2, 0.25) is 5.02 Å². The van der Waals surface area contributed by atoms with Crippen molar-refractivity contribution in [1.29, 1.82) is 0 Å². The number of rotatable bonds is 7. The quantitative estimate of drug-likeness (QED) is 0.628. The van der Waals surface area contributed by atoms with Gasteiger partial charge >= 0.3 is 0 Å². The van der Waals surface area contributed by atoms with Crippen molar-refractivity contribution in [3.8, 4) is 11.5 Å². The number of hydrogen-bond acceptors (Lipinski definition) is 3. The Morgan fingerprint density at radius 3 is 2.46 bits per heavy atom. The molecule has 1 atom stereocenters. The molecule has 0 heterocycles. The average molecular weight is 396 g/mol. The number of benzene rings is 2. The van der Waals surface area contributed by atoms with E-state index in [1.54, 1.807) is 7.11 Å². The highest BCUT2D eigenvalue weighted by atomic mass is 35.5. The third kappa shape index (κ3) is 5.29. The lowest BCUT2D eigenvalue weighted by atomic mass is 10.1. The van der Waals surface area contributed by atoms with E-state index >= 15 is 0 Å². The number of ether oxygens (including phenoxy) is 2. The lowest BCUT2D eigenvalue weighted by molar-refractivity contribution is 0.200. The Balaban J connectivity index is 0.00000243. The summed E-state index contributed by atoms with van der Waals surface area (Å²) < 4.78 is 11.6. The van der Waals surface area contributed by atoms with Gasteiger partial charge in [0.1, 0.15) is 0 Å². The average Bonchev–Trinajstić information content (AvgIpc) is 3.14. The maximum atomic E-state index is 6.50. The van der Waals surface area contributed by atoms with Crippen molar-refractivity contribution in [2.75, 3.05) is 7.11 Å². The second-order valence-corrected chi connectivity index (χ2v) is 7.04. The molecule has 3 nitrogen and oxygen atoms in total. The van der Waals surface area contributed by atoms with E-state index in [0.29, 0.717) is 11.6 Å². The molecular formula is C21H27Cl2NO2. The third-order valence-electron chi connectivity index (χ3n) is 4.83. The fraction of sp³-hybridized carbons (Fsp3) is 0.429. The van der Waals surface area contributed by atoms with Gasteiger partial charge in [-0.05, 0) is 49.8 Å². The van der Waals surface area contributed by atoms with Crippen LogP contribution >= 0.6 is 24.0 Å². The van der Waals surface area contributed by atoms with Gasteiger partial charge in [0.05, 0.1) is 13.2 Å². The molecule has 2 aromatic rings. The van der Waals surface area contributed by atoms with Crippen LogP contribution < -0.4 is 14.8 Å². The molecule has 0 bridgehead atoms. The maximum Gasteiger partial charge on any atom is 0.163 e. The van der Waals surface area contributed by atoms with Gasteiger partial charge in [-0.1, -0.05) is 41.9 Å². The smallest absolute Gasteiger partial charge is 0.163 e. The number of hydrogen-bond donors (Lipinski definition) is 1. The van der Waals surface area contributed by atoms with Gasteiger partial charge in [-0.2, -0.15) is 0 Å². The SMILES string of the molecule is COc1cc(CNC(C)c2ccccc2)c(Cl)cc1OC1CCCC1.Cl. The molecular weight excluding hydrogens is 369 g/mol. The predicted octanol–water partition coefficient (Wildman–Crippen LogP) is 5.94. The van der Waals surface area contributed by atoms with Crippen LogP contribution in [0.25, 0.3) is 0 Å².